The van der Waals surface area contributed by atoms with Gasteiger partial charge >= 0.3 is 12.1 Å². The number of hydrogen-bond acceptors (Lipinski definition) is 8. The van der Waals surface area contributed by atoms with E-state index in [-0.39, 0.29) is 18.9 Å². The number of oxazole rings is 1. The van der Waals surface area contributed by atoms with Crippen LogP contribution in [0, 0.1) is 0 Å². The Morgan fingerprint density at radius 2 is 1.59 bits per heavy atom. The van der Waals surface area contributed by atoms with E-state index in [1.807, 2.05) is 30.3 Å². The number of rotatable bonds is 12. The molecule has 10 nitrogen and oxygen atoms in total. The van der Waals surface area contributed by atoms with E-state index in [0.29, 0.717) is 47.4 Å². The van der Waals surface area contributed by atoms with Crippen LogP contribution in [0.4, 0.5) is 4.79 Å². The van der Waals surface area contributed by atoms with Gasteiger partial charge in [0.2, 0.25) is 5.89 Å². The average Bonchev–Trinajstić information content (AvgIpc) is 3.37. The summed E-state index contributed by atoms with van der Waals surface area (Å²) < 4.78 is 21.9. The second kappa shape index (κ2) is 13.1. The summed E-state index contributed by atoms with van der Waals surface area (Å²) in [6.07, 6.45) is -0.359. The fourth-order valence-electron chi connectivity index (χ4n) is 3.74. The van der Waals surface area contributed by atoms with Crippen LogP contribution in [0.1, 0.15) is 17.0 Å². The summed E-state index contributed by atoms with van der Waals surface area (Å²) in [5, 5.41) is 18.9. The van der Waals surface area contributed by atoms with Crippen LogP contribution in [0.3, 0.4) is 0 Å². The molecule has 1 heterocycles. The van der Waals surface area contributed by atoms with Crippen LogP contribution < -0.4 is 14.2 Å². The number of carbonyl (C=O) groups excluding carboxylic acids is 1. The van der Waals surface area contributed by atoms with Gasteiger partial charge in [-0.25, -0.2) is 9.78 Å². The maximum atomic E-state index is 12.6. The van der Waals surface area contributed by atoms with E-state index in [9.17, 15) is 19.8 Å². The van der Waals surface area contributed by atoms with Gasteiger partial charge in [-0.1, -0.05) is 30.3 Å². The molecule has 0 unspecified atom stereocenters. The predicted molar refractivity (Wildman–Crippen MR) is 141 cm³/mol. The molecule has 10 heteroatoms. The minimum atomic E-state index is -1.16. The molecular weight excluding hydrogens is 504 g/mol. The summed E-state index contributed by atoms with van der Waals surface area (Å²) in [7, 11) is 1.53. The third kappa shape index (κ3) is 7.59. The van der Waals surface area contributed by atoms with Gasteiger partial charge in [-0.15, -0.1) is 0 Å². The number of aromatic nitrogens is 1. The van der Waals surface area contributed by atoms with E-state index in [1.165, 1.54) is 7.11 Å². The Morgan fingerprint density at radius 3 is 2.23 bits per heavy atom. The first kappa shape index (κ1) is 27.2. The van der Waals surface area contributed by atoms with Crippen molar-refractivity contribution in [1.82, 2.24) is 9.88 Å². The Balaban J connectivity index is 1.33. The van der Waals surface area contributed by atoms with Gasteiger partial charge in [-0.3, -0.25) is 9.69 Å². The fraction of sp³-hybridized carbons (Fsp3) is 0.207. The largest absolute Gasteiger partial charge is 0.497 e. The second-order valence-electron chi connectivity index (χ2n) is 8.45. The first-order valence-corrected chi connectivity index (χ1v) is 12.1. The van der Waals surface area contributed by atoms with Crippen molar-refractivity contribution in [3.8, 4) is 28.7 Å². The Morgan fingerprint density at radius 1 is 0.923 bits per heavy atom. The van der Waals surface area contributed by atoms with Crippen LogP contribution in [0.5, 0.6) is 17.2 Å². The maximum Gasteiger partial charge on any atom is 0.416 e. The normalized spacial score (nSPS) is 10.6. The summed E-state index contributed by atoms with van der Waals surface area (Å²) in [4.78, 5) is 29.6. The van der Waals surface area contributed by atoms with Crippen molar-refractivity contribution in [2.24, 2.45) is 0 Å². The maximum absolute atomic E-state index is 12.6. The zero-order valence-corrected chi connectivity index (χ0v) is 21.3. The lowest BCUT2D eigenvalue weighted by atomic mass is 10.2. The van der Waals surface area contributed by atoms with Gasteiger partial charge < -0.3 is 28.8 Å². The highest BCUT2D eigenvalue weighted by atomic mass is 16.6. The molecule has 1 amide bonds. The number of methoxy groups -OCH3 is 1. The van der Waals surface area contributed by atoms with Crippen molar-refractivity contribution in [2.75, 3.05) is 20.3 Å². The van der Waals surface area contributed by atoms with Crippen LogP contribution >= 0.6 is 0 Å². The fourth-order valence-corrected chi connectivity index (χ4v) is 3.74. The molecule has 4 aromatic rings. The molecule has 0 saturated carbocycles. The number of nitrogens with zero attached hydrogens (tertiary/aromatic N) is 2. The molecule has 2 N–H and O–H groups in total. The van der Waals surface area contributed by atoms with Gasteiger partial charge in [0.05, 0.1) is 19.4 Å². The van der Waals surface area contributed by atoms with Crippen LogP contribution in [-0.2, 0) is 24.4 Å². The standard InChI is InChI=1S/C29H28N2O8/c1-36-22-11-13-24(14-12-22)38-29(35)31(18-27(33)34)17-20-7-9-23(10-8-20)37-16-15-25-26(19-32)39-28(30-25)21-5-3-2-4-6-21/h2-14,32H,15-19H2,1H3,(H,33,34). The SMILES string of the molecule is COc1ccc(OC(=O)N(CC(=O)O)Cc2ccc(OCCc3nc(-c4ccccc4)oc3CO)cc2)cc1. The molecule has 0 aliphatic rings. The molecule has 39 heavy (non-hydrogen) atoms. The molecule has 0 bridgehead atoms. The second-order valence-corrected chi connectivity index (χ2v) is 8.45. The number of benzene rings is 3. The molecule has 0 aliphatic carbocycles. The third-order valence-electron chi connectivity index (χ3n) is 5.70. The van der Waals surface area contributed by atoms with Crippen molar-refractivity contribution in [3.63, 3.8) is 0 Å². The average molecular weight is 533 g/mol. The van der Waals surface area contributed by atoms with Gasteiger partial charge in [0.1, 0.15) is 30.4 Å². The zero-order chi connectivity index (χ0) is 27.6. The highest BCUT2D eigenvalue weighted by molar-refractivity contribution is 5.78. The van der Waals surface area contributed by atoms with Crippen LogP contribution in [-0.4, -0.2) is 52.4 Å². The van der Waals surface area contributed by atoms with Gasteiger partial charge in [-0.05, 0) is 54.1 Å². The number of amides is 1. The van der Waals surface area contributed by atoms with Gasteiger partial charge in [0, 0.05) is 18.5 Å². The number of carboxylic acid groups (broad SMARTS) is 1. The van der Waals surface area contributed by atoms with E-state index in [4.69, 9.17) is 18.6 Å². The lowest BCUT2D eigenvalue weighted by molar-refractivity contribution is -0.138. The van der Waals surface area contributed by atoms with Crippen molar-refractivity contribution in [2.45, 2.75) is 19.6 Å². The van der Waals surface area contributed by atoms with Crippen molar-refractivity contribution in [3.05, 3.63) is 95.9 Å². The topological polar surface area (TPSA) is 132 Å². The number of carboxylic acids is 1. The molecule has 0 spiro atoms. The van der Waals surface area contributed by atoms with Crippen LogP contribution in [0.25, 0.3) is 11.5 Å². The Kier molecular flexibility index (Phi) is 9.15. The summed E-state index contributed by atoms with van der Waals surface area (Å²) >= 11 is 0. The number of aliphatic carboxylic acids is 1. The first-order chi connectivity index (χ1) is 18.9. The van der Waals surface area contributed by atoms with E-state index in [0.717, 1.165) is 10.5 Å². The first-order valence-electron chi connectivity index (χ1n) is 12.1. The Labute approximate surface area is 225 Å². The Hall–Kier alpha value is -4.83. The van der Waals surface area contributed by atoms with Crippen LogP contribution in [0.2, 0.25) is 0 Å². The number of ether oxygens (including phenoxy) is 3. The van der Waals surface area contributed by atoms with Crippen molar-refractivity contribution < 1.29 is 38.4 Å². The highest BCUT2D eigenvalue weighted by Crippen LogP contribution is 2.23. The molecular formula is C29H28N2O8. The van der Waals surface area contributed by atoms with E-state index < -0.39 is 18.6 Å². The summed E-state index contributed by atoms with van der Waals surface area (Å²) in [6.45, 7) is -0.463. The lowest BCUT2D eigenvalue weighted by Gasteiger charge is -2.20. The summed E-state index contributed by atoms with van der Waals surface area (Å²) in [5.41, 5.74) is 2.13. The molecule has 4 rings (SSSR count). The third-order valence-corrected chi connectivity index (χ3v) is 5.70. The lowest BCUT2D eigenvalue weighted by Crippen LogP contribution is -2.37. The molecule has 0 saturated heterocycles. The molecule has 1 aromatic heterocycles. The smallest absolute Gasteiger partial charge is 0.416 e. The van der Waals surface area contributed by atoms with E-state index >= 15 is 0 Å². The molecule has 0 aliphatic heterocycles. The van der Waals surface area contributed by atoms with E-state index in [2.05, 4.69) is 4.98 Å². The Bertz CT molecular complexity index is 1370. The number of aliphatic hydroxyl groups excluding tert-OH is 1. The molecule has 3 aromatic carbocycles. The molecule has 0 fully saturated rings. The zero-order valence-electron chi connectivity index (χ0n) is 21.3. The summed E-state index contributed by atoms with van der Waals surface area (Å²) in [5.74, 6) is 1.13. The molecule has 0 atom stereocenters. The number of carbonyl (C=O) groups is 2. The highest BCUT2D eigenvalue weighted by Gasteiger charge is 2.20. The quantitative estimate of drug-likeness (QED) is 0.270. The van der Waals surface area contributed by atoms with Crippen LogP contribution in [0.15, 0.2) is 83.3 Å². The predicted octanol–water partition coefficient (Wildman–Crippen LogP) is 4.55. The van der Waals surface area contributed by atoms with Crippen molar-refractivity contribution in [1.29, 1.82) is 0 Å². The van der Waals surface area contributed by atoms with Gasteiger partial charge in [-0.2, -0.15) is 0 Å². The van der Waals surface area contributed by atoms with E-state index in [1.54, 1.807) is 48.5 Å². The van der Waals surface area contributed by atoms with Crippen molar-refractivity contribution >= 4 is 12.1 Å². The van der Waals surface area contributed by atoms with Gasteiger partial charge in [0.15, 0.2) is 5.76 Å². The molecule has 0 radical (unpaired) electrons. The number of aliphatic hydroxyl groups is 1. The minimum absolute atomic E-state index is 0.0304. The minimum Gasteiger partial charge on any atom is -0.497 e. The monoisotopic (exact) mass is 532 g/mol. The molecule has 202 valence electrons. The summed E-state index contributed by atoms with van der Waals surface area (Å²) in [6, 6.07) is 22.8. The van der Waals surface area contributed by atoms with Gasteiger partial charge in [0.25, 0.3) is 0 Å². The number of hydrogen-bond donors (Lipinski definition) is 2.